The van der Waals surface area contributed by atoms with Crippen molar-refractivity contribution in [1.29, 1.82) is 0 Å². The second kappa shape index (κ2) is 5.95. The number of benzene rings is 2. The van der Waals surface area contributed by atoms with Crippen molar-refractivity contribution in [3.05, 3.63) is 51.5 Å². The third-order valence-corrected chi connectivity index (χ3v) is 3.91. The first-order valence-corrected chi connectivity index (χ1v) is 7.47. The Morgan fingerprint density at radius 1 is 1.10 bits per heavy atom. The normalized spacial score (nSPS) is 12.9. The molecule has 0 fully saturated rings. The number of nitrogens with one attached hydrogen (secondary N) is 1. The van der Waals surface area contributed by atoms with Gasteiger partial charge in [0, 0.05) is 10.0 Å². The predicted octanol–water partition coefficient (Wildman–Crippen LogP) is 4.13. The quantitative estimate of drug-likeness (QED) is 0.867. The van der Waals surface area contributed by atoms with Crippen molar-refractivity contribution < 1.29 is 14.3 Å². The van der Waals surface area contributed by atoms with Crippen LogP contribution in [0.2, 0.25) is 5.02 Å². The molecule has 1 heterocycles. The van der Waals surface area contributed by atoms with E-state index in [2.05, 4.69) is 21.2 Å². The van der Waals surface area contributed by atoms with Gasteiger partial charge < -0.3 is 14.8 Å². The molecule has 0 spiro atoms. The van der Waals surface area contributed by atoms with E-state index in [0.29, 0.717) is 41.0 Å². The summed E-state index contributed by atoms with van der Waals surface area (Å²) in [6.45, 7) is 0.935. The van der Waals surface area contributed by atoms with Crippen molar-refractivity contribution in [2.24, 2.45) is 0 Å². The zero-order valence-electron chi connectivity index (χ0n) is 10.9. The van der Waals surface area contributed by atoms with Crippen molar-refractivity contribution in [1.82, 2.24) is 0 Å². The maximum atomic E-state index is 12.2. The maximum absolute atomic E-state index is 12.2. The second-order valence-electron chi connectivity index (χ2n) is 4.41. The topological polar surface area (TPSA) is 47.6 Å². The van der Waals surface area contributed by atoms with Crippen molar-refractivity contribution in [3.8, 4) is 11.5 Å². The minimum atomic E-state index is -0.235. The highest BCUT2D eigenvalue weighted by molar-refractivity contribution is 9.10. The number of anilines is 1. The number of amides is 1. The number of ether oxygens (including phenoxy) is 2. The molecule has 1 amide bonds. The average molecular weight is 369 g/mol. The number of fused-ring (bicyclic) bond motifs is 1. The Kier molecular flexibility index (Phi) is 4.03. The third kappa shape index (κ3) is 2.99. The Labute approximate surface area is 135 Å². The summed E-state index contributed by atoms with van der Waals surface area (Å²) in [5.74, 6) is 0.825. The van der Waals surface area contributed by atoms with E-state index in [1.54, 1.807) is 36.4 Å². The first kappa shape index (κ1) is 14.2. The van der Waals surface area contributed by atoms with E-state index in [4.69, 9.17) is 21.1 Å². The number of carbonyl (C=O) groups is 1. The van der Waals surface area contributed by atoms with Crippen molar-refractivity contribution in [3.63, 3.8) is 0 Å². The van der Waals surface area contributed by atoms with Gasteiger partial charge >= 0.3 is 0 Å². The van der Waals surface area contributed by atoms with Gasteiger partial charge in [-0.15, -0.1) is 0 Å². The Hall–Kier alpha value is -1.72. The summed E-state index contributed by atoms with van der Waals surface area (Å²) in [4.78, 5) is 12.2. The zero-order valence-corrected chi connectivity index (χ0v) is 13.2. The minimum absolute atomic E-state index is 0.235. The molecule has 0 saturated carbocycles. The summed E-state index contributed by atoms with van der Waals surface area (Å²) in [5.41, 5.74) is 1.04. The van der Waals surface area contributed by atoms with Crippen LogP contribution in [0.1, 0.15) is 10.4 Å². The van der Waals surface area contributed by atoms with Gasteiger partial charge in [0.2, 0.25) is 0 Å². The average Bonchev–Trinajstić information content (AvgIpc) is 2.51. The lowest BCUT2D eigenvalue weighted by Crippen LogP contribution is -2.17. The molecule has 3 rings (SSSR count). The van der Waals surface area contributed by atoms with E-state index >= 15 is 0 Å². The fourth-order valence-corrected chi connectivity index (χ4v) is 2.50. The summed E-state index contributed by atoms with van der Waals surface area (Å²) < 4.78 is 11.8. The highest BCUT2D eigenvalue weighted by atomic mass is 79.9. The van der Waals surface area contributed by atoms with Gasteiger partial charge in [-0.2, -0.15) is 0 Å². The van der Waals surface area contributed by atoms with Crippen LogP contribution in [-0.4, -0.2) is 19.1 Å². The summed E-state index contributed by atoms with van der Waals surface area (Å²) in [7, 11) is 0. The van der Waals surface area contributed by atoms with Gasteiger partial charge in [-0.1, -0.05) is 27.5 Å². The number of rotatable bonds is 2. The first-order chi connectivity index (χ1) is 10.1. The van der Waals surface area contributed by atoms with Crippen LogP contribution in [0.3, 0.4) is 0 Å². The summed E-state index contributed by atoms with van der Waals surface area (Å²) in [6, 6.07) is 10.5. The molecule has 0 aliphatic carbocycles. The van der Waals surface area contributed by atoms with E-state index in [-0.39, 0.29) is 5.91 Å². The molecule has 1 N–H and O–H groups in total. The van der Waals surface area contributed by atoms with Crippen LogP contribution in [0.25, 0.3) is 0 Å². The first-order valence-electron chi connectivity index (χ1n) is 6.30. The van der Waals surface area contributed by atoms with Crippen molar-refractivity contribution in [2.75, 3.05) is 18.5 Å². The molecule has 4 nitrogen and oxygen atoms in total. The number of halogens is 2. The van der Waals surface area contributed by atoms with Gasteiger partial charge in [-0.25, -0.2) is 0 Å². The van der Waals surface area contributed by atoms with E-state index in [9.17, 15) is 4.79 Å². The molecule has 1 aliphatic rings. The zero-order chi connectivity index (χ0) is 14.8. The highest BCUT2D eigenvalue weighted by Gasteiger charge is 2.19. The van der Waals surface area contributed by atoms with Crippen LogP contribution >= 0.6 is 27.5 Å². The molecule has 21 heavy (non-hydrogen) atoms. The summed E-state index contributed by atoms with van der Waals surface area (Å²) >= 11 is 9.59. The largest absolute Gasteiger partial charge is 0.486 e. The molecule has 1 aliphatic heterocycles. The maximum Gasteiger partial charge on any atom is 0.255 e. The highest BCUT2D eigenvalue weighted by Crippen LogP contribution is 2.41. The smallest absolute Gasteiger partial charge is 0.255 e. The van der Waals surface area contributed by atoms with Crippen LogP contribution in [0, 0.1) is 0 Å². The molecular weight excluding hydrogens is 358 g/mol. The molecule has 0 unspecified atom stereocenters. The molecule has 2 aromatic rings. The van der Waals surface area contributed by atoms with Gasteiger partial charge in [-0.3, -0.25) is 4.79 Å². The SMILES string of the molecule is O=C(Nc1ccc2c(c1Cl)OCCO2)c1ccc(Br)cc1. The van der Waals surface area contributed by atoms with E-state index in [0.717, 1.165) is 4.47 Å². The molecule has 6 heteroatoms. The van der Waals surface area contributed by atoms with E-state index in [1.807, 2.05) is 0 Å². The molecule has 0 atom stereocenters. The Balaban J connectivity index is 1.84. The van der Waals surface area contributed by atoms with Gasteiger partial charge in [-0.05, 0) is 36.4 Å². The molecule has 2 aromatic carbocycles. The van der Waals surface area contributed by atoms with Crippen molar-refractivity contribution in [2.45, 2.75) is 0 Å². The van der Waals surface area contributed by atoms with Crippen LogP contribution in [0.15, 0.2) is 40.9 Å². The lowest BCUT2D eigenvalue weighted by Gasteiger charge is -2.20. The monoisotopic (exact) mass is 367 g/mol. The minimum Gasteiger partial charge on any atom is -0.486 e. The number of carbonyl (C=O) groups excluding carboxylic acids is 1. The van der Waals surface area contributed by atoms with Gasteiger partial charge in [0.1, 0.15) is 18.2 Å². The summed E-state index contributed by atoms with van der Waals surface area (Å²) in [6.07, 6.45) is 0. The van der Waals surface area contributed by atoms with Crippen LogP contribution in [0.4, 0.5) is 5.69 Å². The molecule has 0 bridgehead atoms. The van der Waals surface area contributed by atoms with Crippen LogP contribution < -0.4 is 14.8 Å². The Morgan fingerprint density at radius 3 is 2.57 bits per heavy atom. The molecular formula is C15H11BrClNO3. The predicted molar refractivity (Wildman–Crippen MR) is 84.5 cm³/mol. The van der Waals surface area contributed by atoms with Crippen LogP contribution in [0.5, 0.6) is 11.5 Å². The fraction of sp³-hybridized carbons (Fsp3) is 0.133. The van der Waals surface area contributed by atoms with Gasteiger partial charge in [0.25, 0.3) is 5.91 Å². The van der Waals surface area contributed by atoms with Gasteiger partial charge in [0.15, 0.2) is 11.5 Å². The molecule has 0 saturated heterocycles. The number of hydrogen-bond acceptors (Lipinski definition) is 3. The molecule has 108 valence electrons. The molecule has 0 aromatic heterocycles. The lowest BCUT2D eigenvalue weighted by atomic mass is 10.2. The van der Waals surface area contributed by atoms with E-state index < -0.39 is 0 Å². The van der Waals surface area contributed by atoms with Crippen molar-refractivity contribution >= 4 is 39.1 Å². The van der Waals surface area contributed by atoms with E-state index in [1.165, 1.54) is 0 Å². The molecule has 0 radical (unpaired) electrons. The lowest BCUT2D eigenvalue weighted by molar-refractivity contribution is 0.102. The van der Waals surface area contributed by atoms with Gasteiger partial charge in [0.05, 0.1) is 5.69 Å². The Morgan fingerprint density at radius 2 is 1.81 bits per heavy atom. The fourth-order valence-electron chi connectivity index (χ4n) is 1.97. The second-order valence-corrected chi connectivity index (χ2v) is 5.71. The standard InChI is InChI=1S/C15H11BrClNO3/c16-10-3-1-9(2-4-10)15(19)18-11-5-6-12-14(13(11)17)21-8-7-20-12/h1-6H,7-8H2,(H,18,19). The summed E-state index contributed by atoms with van der Waals surface area (Å²) in [5, 5.41) is 3.12. The third-order valence-electron chi connectivity index (χ3n) is 3.00. The number of hydrogen-bond donors (Lipinski definition) is 1. The Bertz CT molecular complexity index is 688. The van der Waals surface area contributed by atoms with Crippen LogP contribution in [-0.2, 0) is 0 Å².